The largest absolute Gasteiger partial charge is 0.496 e. The van der Waals surface area contributed by atoms with E-state index in [-0.39, 0.29) is 5.78 Å². The van der Waals surface area contributed by atoms with Crippen LogP contribution in [0.1, 0.15) is 27.3 Å². The highest BCUT2D eigenvalue weighted by atomic mass is 79.9. The number of aromatic nitrogens is 1. The minimum atomic E-state index is 0.0648. The monoisotopic (exact) mass is 333 g/mol. The average molecular weight is 334 g/mol. The first-order valence-corrected chi connectivity index (χ1v) is 7.10. The molecule has 2 rings (SSSR count). The Morgan fingerprint density at radius 1 is 1.20 bits per heavy atom. The number of methoxy groups -OCH3 is 1. The lowest BCUT2D eigenvalue weighted by atomic mass is 10.0. The Kier molecular flexibility index (Phi) is 4.55. The number of hydrogen-bond donors (Lipinski definition) is 0. The van der Waals surface area contributed by atoms with Crippen molar-refractivity contribution in [3.63, 3.8) is 0 Å². The van der Waals surface area contributed by atoms with Crippen molar-refractivity contribution in [2.45, 2.75) is 20.3 Å². The molecule has 3 nitrogen and oxygen atoms in total. The maximum Gasteiger partial charge on any atom is 0.167 e. The van der Waals surface area contributed by atoms with Crippen molar-refractivity contribution in [1.29, 1.82) is 0 Å². The Bertz CT molecular complexity index is 633. The van der Waals surface area contributed by atoms with Gasteiger partial charge in [-0.2, -0.15) is 0 Å². The van der Waals surface area contributed by atoms with Crippen molar-refractivity contribution < 1.29 is 9.53 Å². The van der Waals surface area contributed by atoms with Crippen LogP contribution in [-0.4, -0.2) is 17.9 Å². The molecule has 0 aliphatic heterocycles. The summed E-state index contributed by atoms with van der Waals surface area (Å²) in [7, 11) is 1.61. The third-order valence-corrected chi connectivity index (χ3v) is 3.49. The van der Waals surface area contributed by atoms with Gasteiger partial charge in [0.25, 0.3) is 0 Å². The van der Waals surface area contributed by atoms with Crippen molar-refractivity contribution in [3.8, 4) is 5.75 Å². The first-order chi connectivity index (χ1) is 9.49. The lowest BCUT2D eigenvalue weighted by Gasteiger charge is -2.09. The summed E-state index contributed by atoms with van der Waals surface area (Å²) in [5, 5.41) is 0. The number of rotatable bonds is 4. The van der Waals surface area contributed by atoms with Gasteiger partial charge >= 0.3 is 0 Å². The Morgan fingerprint density at radius 3 is 2.45 bits per heavy atom. The van der Waals surface area contributed by atoms with E-state index in [1.165, 1.54) is 0 Å². The number of pyridine rings is 1. The second kappa shape index (κ2) is 6.18. The van der Waals surface area contributed by atoms with Gasteiger partial charge < -0.3 is 4.74 Å². The molecule has 0 amide bonds. The molecule has 0 unspecified atom stereocenters. The van der Waals surface area contributed by atoms with Gasteiger partial charge in [0.05, 0.1) is 7.11 Å². The number of benzene rings is 1. The Labute approximate surface area is 127 Å². The number of ether oxygens (including phenoxy) is 1. The van der Waals surface area contributed by atoms with Gasteiger partial charge in [-0.15, -0.1) is 0 Å². The van der Waals surface area contributed by atoms with Gasteiger partial charge in [0.15, 0.2) is 5.78 Å². The van der Waals surface area contributed by atoms with Crippen molar-refractivity contribution in [1.82, 2.24) is 4.98 Å². The second-order valence-electron chi connectivity index (χ2n) is 4.69. The highest BCUT2D eigenvalue weighted by Crippen LogP contribution is 2.24. The zero-order chi connectivity index (χ0) is 14.7. The molecule has 4 heteroatoms. The predicted octanol–water partition coefficient (Wildman–Crippen LogP) is 3.89. The molecule has 0 atom stereocenters. The lowest BCUT2D eigenvalue weighted by molar-refractivity contribution is 0.0991. The van der Waals surface area contributed by atoms with Crippen molar-refractivity contribution in [3.05, 3.63) is 57.3 Å². The number of Topliss-reactive ketones (excluding diaryl/α,β-unsaturated/α-hetero) is 1. The molecule has 20 heavy (non-hydrogen) atoms. The molecule has 0 radical (unpaired) electrons. The molecular weight excluding hydrogens is 318 g/mol. The third kappa shape index (κ3) is 3.45. The fourth-order valence-electron chi connectivity index (χ4n) is 2.16. The predicted molar refractivity (Wildman–Crippen MR) is 82.4 cm³/mol. The summed E-state index contributed by atoms with van der Waals surface area (Å²) in [6, 6.07) is 9.31. The van der Waals surface area contributed by atoms with Crippen LogP contribution in [0.4, 0.5) is 0 Å². The number of hydrogen-bond acceptors (Lipinski definition) is 3. The Morgan fingerprint density at radius 2 is 1.85 bits per heavy atom. The van der Waals surface area contributed by atoms with Crippen LogP contribution in [0.25, 0.3) is 0 Å². The van der Waals surface area contributed by atoms with E-state index in [0.29, 0.717) is 12.0 Å². The first-order valence-electron chi connectivity index (χ1n) is 6.30. The van der Waals surface area contributed by atoms with Gasteiger partial charge in [-0.1, -0.05) is 15.9 Å². The molecular formula is C16H16BrNO2. The third-order valence-electron chi connectivity index (χ3n) is 3.00. The Hall–Kier alpha value is -1.68. The Balaban J connectivity index is 2.29. The highest BCUT2D eigenvalue weighted by molar-refractivity contribution is 9.10. The molecule has 0 saturated heterocycles. The fourth-order valence-corrected chi connectivity index (χ4v) is 2.56. The molecule has 0 bridgehead atoms. The minimum Gasteiger partial charge on any atom is -0.496 e. The molecule has 0 aliphatic rings. The van der Waals surface area contributed by atoms with Crippen LogP contribution in [0.5, 0.6) is 5.75 Å². The first kappa shape index (κ1) is 14.7. The SMILES string of the molecule is COc1ccc(Br)cc1CC(=O)c1cc(C)nc(C)c1. The van der Waals surface area contributed by atoms with Crippen molar-refractivity contribution >= 4 is 21.7 Å². The van der Waals surface area contributed by atoms with E-state index < -0.39 is 0 Å². The molecule has 0 N–H and O–H groups in total. The maximum atomic E-state index is 12.4. The van der Waals surface area contributed by atoms with Gasteiger partial charge in [0.1, 0.15) is 5.75 Å². The van der Waals surface area contributed by atoms with E-state index in [1.807, 2.05) is 44.2 Å². The summed E-state index contributed by atoms with van der Waals surface area (Å²) in [6.07, 6.45) is 0.311. The number of carbonyl (C=O) groups is 1. The van der Waals surface area contributed by atoms with Gasteiger partial charge in [0, 0.05) is 33.4 Å². The summed E-state index contributed by atoms with van der Waals surface area (Å²) in [6.45, 7) is 3.78. The standard InChI is InChI=1S/C16H16BrNO2/c1-10-6-12(7-11(2)18-10)15(19)9-13-8-14(17)4-5-16(13)20-3/h4-8H,9H2,1-3H3. The van der Waals surface area contributed by atoms with Gasteiger partial charge in [-0.05, 0) is 44.2 Å². The highest BCUT2D eigenvalue weighted by Gasteiger charge is 2.12. The van der Waals surface area contributed by atoms with Crippen LogP contribution >= 0.6 is 15.9 Å². The molecule has 0 saturated carbocycles. The van der Waals surface area contributed by atoms with Gasteiger partial charge in [0.2, 0.25) is 0 Å². The minimum absolute atomic E-state index is 0.0648. The van der Waals surface area contributed by atoms with E-state index in [1.54, 1.807) is 7.11 Å². The van der Waals surface area contributed by atoms with Crippen LogP contribution in [0.2, 0.25) is 0 Å². The second-order valence-corrected chi connectivity index (χ2v) is 5.61. The molecule has 1 heterocycles. The molecule has 104 valence electrons. The van der Waals surface area contributed by atoms with E-state index >= 15 is 0 Å². The van der Waals surface area contributed by atoms with Gasteiger partial charge in [-0.25, -0.2) is 0 Å². The van der Waals surface area contributed by atoms with Crippen LogP contribution in [-0.2, 0) is 6.42 Å². The smallest absolute Gasteiger partial charge is 0.167 e. The number of aryl methyl sites for hydroxylation is 2. The molecule has 2 aromatic rings. The average Bonchev–Trinajstić information content (AvgIpc) is 2.37. The molecule has 0 aliphatic carbocycles. The lowest BCUT2D eigenvalue weighted by Crippen LogP contribution is -2.06. The summed E-state index contributed by atoms with van der Waals surface area (Å²) in [5.74, 6) is 0.791. The summed E-state index contributed by atoms with van der Waals surface area (Å²) < 4.78 is 6.23. The molecule has 1 aromatic heterocycles. The van der Waals surface area contributed by atoms with E-state index in [2.05, 4.69) is 20.9 Å². The van der Waals surface area contributed by atoms with Crippen LogP contribution in [0, 0.1) is 13.8 Å². The zero-order valence-corrected chi connectivity index (χ0v) is 13.3. The molecule has 1 aromatic carbocycles. The molecule has 0 fully saturated rings. The van der Waals surface area contributed by atoms with Crippen molar-refractivity contribution in [2.75, 3.05) is 7.11 Å². The maximum absolute atomic E-state index is 12.4. The zero-order valence-electron chi connectivity index (χ0n) is 11.7. The van der Waals surface area contributed by atoms with Crippen LogP contribution in [0.3, 0.4) is 0 Å². The van der Waals surface area contributed by atoms with E-state index in [9.17, 15) is 4.79 Å². The van der Waals surface area contributed by atoms with Gasteiger partial charge in [-0.3, -0.25) is 9.78 Å². The number of halogens is 1. The van der Waals surface area contributed by atoms with Crippen molar-refractivity contribution in [2.24, 2.45) is 0 Å². The van der Waals surface area contributed by atoms with Crippen LogP contribution in [0.15, 0.2) is 34.8 Å². The summed E-state index contributed by atoms with van der Waals surface area (Å²) in [5.41, 5.74) is 3.28. The number of ketones is 1. The molecule has 0 spiro atoms. The summed E-state index contributed by atoms with van der Waals surface area (Å²) in [4.78, 5) is 16.7. The fraction of sp³-hybridized carbons (Fsp3) is 0.250. The number of carbonyl (C=O) groups excluding carboxylic acids is 1. The number of nitrogens with zero attached hydrogens (tertiary/aromatic N) is 1. The topological polar surface area (TPSA) is 39.2 Å². The quantitative estimate of drug-likeness (QED) is 0.796. The van der Waals surface area contributed by atoms with E-state index in [4.69, 9.17) is 4.74 Å². The van der Waals surface area contributed by atoms with E-state index in [0.717, 1.165) is 27.2 Å². The normalized spacial score (nSPS) is 10.4. The van der Waals surface area contributed by atoms with Crippen LogP contribution < -0.4 is 4.74 Å². The summed E-state index contributed by atoms with van der Waals surface area (Å²) >= 11 is 3.42.